The highest BCUT2D eigenvalue weighted by atomic mass is 32.2. The first-order valence-corrected chi connectivity index (χ1v) is 14.2. The summed E-state index contributed by atoms with van der Waals surface area (Å²) in [6.45, 7) is 4.61. The first-order valence-electron chi connectivity index (χ1n) is 12.7. The summed E-state index contributed by atoms with van der Waals surface area (Å²) in [6, 6.07) is 19.1. The normalized spacial score (nSPS) is 23.9. The minimum atomic E-state index is -3.74. The summed E-state index contributed by atoms with van der Waals surface area (Å²) in [7, 11) is -3.74. The van der Waals surface area contributed by atoms with Crippen molar-refractivity contribution >= 4 is 21.4 Å². The Kier molecular flexibility index (Phi) is 5.82. The molecule has 1 saturated heterocycles. The molecule has 1 aliphatic carbocycles. The van der Waals surface area contributed by atoms with Gasteiger partial charge in [0.2, 0.25) is 0 Å². The van der Waals surface area contributed by atoms with Gasteiger partial charge in [-0.3, -0.25) is 4.72 Å². The van der Waals surface area contributed by atoms with Gasteiger partial charge in [-0.15, -0.1) is 0 Å². The van der Waals surface area contributed by atoms with E-state index < -0.39 is 10.0 Å². The van der Waals surface area contributed by atoms with E-state index in [1.54, 1.807) is 18.2 Å². The van der Waals surface area contributed by atoms with Crippen molar-refractivity contribution in [3.63, 3.8) is 0 Å². The molecule has 6 rings (SSSR count). The van der Waals surface area contributed by atoms with Crippen molar-refractivity contribution < 1.29 is 18.3 Å². The summed E-state index contributed by atoms with van der Waals surface area (Å²) in [6.07, 6.45) is 2.55. The summed E-state index contributed by atoms with van der Waals surface area (Å²) in [5, 5.41) is 14.1. The molecule has 2 heterocycles. The SMILES string of the molecule is Cc1ccc(NS(=O)(=O)c2ccc3c(c2)[C@H]2OCC[C@H]2C(c2ccc(C(O)C4CC4)cc2)N3)cc1C. The lowest BCUT2D eigenvalue weighted by atomic mass is 9.81. The summed E-state index contributed by atoms with van der Waals surface area (Å²) in [5.74, 6) is 0.598. The van der Waals surface area contributed by atoms with E-state index >= 15 is 0 Å². The number of aliphatic hydroxyl groups is 1. The van der Waals surface area contributed by atoms with Gasteiger partial charge in [-0.1, -0.05) is 30.3 Å². The van der Waals surface area contributed by atoms with Crippen LogP contribution >= 0.6 is 0 Å². The van der Waals surface area contributed by atoms with E-state index in [1.807, 2.05) is 44.2 Å². The van der Waals surface area contributed by atoms with Gasteiger partial charge in [0.15, 0.2) is 0 Å². The molecule has 2 aliphatic heterocycles. The fourth-order valence-corrected chi connectivity index (χ4v) is 6.64. The molecular formula is C29H32N2O4S. The highest BCUT2D eigenvalue weighted by Gasteiger charge is 2.42. The Morgan fingerprint density at radius 2 is 1.75 bits per heavy atom. The summed E-state index contributed by atoms with van der Waals surface area (Å²) < 4.78 is 35.3. The quantitative estimate of drug-likeness (QED) is 0.395. The standard InChI is InChI=1S/C29H32N2O4S/c1-17-3-10-22(15-18(17)2)31-36(33,34)23-11-12-26-25(16-23)29-24(13-14-35-29)27(30-26)19-4-6-20(7-5-19)28(32)21-8-9-21/h3-7,10-12,15-16,21,24,27-32H,8-9,13-14H2,1-2H3/t24-,27?,28?,29-/m0/s1. The van der Waals surface area contributed by atoms with Gasteiger partial charge in [0.05, 0.1) is 23.1 Å². The van der Waals surface area contributed by atoms with E-state index in [0.717, 1.165) is 52.8 Å². The Labute approximate surface area is 212 Å². The molecule has 7 heteroatoms. The van der Waals surface area contributed by atoms with Crippen molar-refractivity contribution in [1.29, 1.82) is 0 Å². The predicted molar refractivity (Wildman–Crippen MR) is 140 cm³/mol. The van der Waals surface area contributed by atoms with Crippen molar-refractivity contribution in [2.75, 3.05) is 16.6 Å². The molecule has 0 amide bonds. The van der Waals surface area contributed by atoms with Crippen LogP contribution in [0.15, 0.2) is 65.6 Å². The maximum atomic E-state index is 13.2. The van der Waals surface area contributed by atoms with Crippen molar-refractivity contribution in [2.24, 2.45) is 11.8 Å². The van der Waals surface area contributed by atoms with Crippen LogP contribution in [-0.4, -0.2) is 20.1 Å². The number of aliphatic hydroxyl groups excluding tert-OH is 1. The van der Waals surface area contributed by atoms with Crippen LogP contribution in [0.25, 0.3) is 0 Å². The number of nitrogens with one attached hydrogen (secondary N) is 2. The summed E-state index contributed by atoms with van der Waals surface area (Å²) in [5.41, 5.74) is 6.62. The third kappa shape index (κ3) is 4.29. The average Bonchev–Trinajstić information content (AvgIpc) is 3.60. The van der Waals surface area contributed by atoms with Crippen molar-refractivity contribution in [3.05, 3.63) is 88.5 Å². The third-order valence-electron chi connectivity index (χ3n) is 7.98. The number of aryl methyl sites for hydroxylation is 2. The van der Waals surface area contributed by atoms with Gasteiger partial charge in [-0.25, -0.2) is 8.42 Å². The van der Waals surface area contributed by atoms with Crippen LogP contribution in [0.4, 0.5) is 11.4 Å². The third-order valence-corrected chi connectivity index (χ3v) is 9.36. The predicted octanol–water partition coefficient (Wildman–Crippen LogP) is 5.79. The van der Waals surface area contributed by atoms with E-state index in [4.69, 9.17) is 4.74 Å². The molecular weight excluding hydrogens is 472 g/mol. The number of ether oxygens (including phenoxy) is 1. The molecule has 36 heavy (non-hydrogen) atoms. The lowest BCUT2D eigenvalue weighted by Crippen LogP contribution is -2.29. The molecule has 2 unspecified atom stereocenters. The maximum absolute atomic E-state index is 13.2. The fraction of sp³-hybridized carbons (Fsp3) is 0.379. The van der Waals surface area contributed by atoms with Crippen LogP contribution in [0.5, 0.6) is 0 Å². The summed E-state index contributed by atoms with van der Waals surface area (Å²) in [4.78, 5) is 0.229. The number of benzene rings is 3. The zero-order valence-corrected chi connectivity index (χ0v) is 21.4. The number of rotatable bonds is 6. The van der Waals surface area contributed by atoms with Crippen LogP contribution in [0.1, 0.15) is 65.3 Å². The molecule has 6 nitrogen and oxygen atoms in total. The van der Waals surface area contributed by atoms with Gasteiger partial charge in [0.25, 0.3) is 10.0 Å². The number of hydrogen-bond acceptors (Lipinski definition) is 5. The van der Waals surface area contributed by atoms with E-state index in [-0.39, 0.29) is 29.1 Å². The van der Waals surface area contributed by atoms with Crippen LogP contribution in [0, 0.1) is 25.7 Å². The van der Waals surface area contributed by atoms with E-state index in [1.165, 1.54) is 0 Å². The van der Waals surface area contributed by atoms with Gasteiger partial charge in [-0.2, -0.15) is 0 Å². The van der Waals surface area contributed by atoms with Gasteiger partial charge in [0, 0.05) is 29.5 Å². The maximum Gasteiger partial charge on any atom is 0.261 e. The minimum Gasteiger partial charge on any atom is -0.388 e. The Hall–Kier alpha value is -2.87. The van der Waals surface area contributed by atoms with Gasteiger partial charge in [-0.05, 0) is 91.6 Å². The molecule has 188 valence electrons. The van der Waals surface area contributed by atoms with Crippen molar-refractivity contribution in [1.82, 2.24) is 0 Å². The highest BCUT2D eigenvalue weighted by Crippen LogP contribution is 2.50. The first kappa shape index (κ1) is 23.5. The Morgan fingerprint density at radius 1 is 0.972 bits per heavy atom. The molecule has 0 spiro atoms. The minimum absolute atomic E-state index is 0.0632. The second-order valence-corrected chi connectivity index (χ2v) is 12.2. The number of hydrogen-bond donors (Lipinski definition) is 3. The monoisotopic (exact) mass is 504 g/mol. The topological polar surface area (TPSA) is 87.7 Å². The molecule has 0 aromatic heterocycles. The second-order valence-electron chi connectivity index (χ2n) is 10.5. The molecule has 2 fully saturated rings. The molecule has 3 aromatic rings. The first-order chi connectivity index (χ1) is 17.3. The Balaban J connectivity index is 1.27. The Morgan fingerprint density at radius 3 is 2.47 bits per heavy atom. The molecule has 3 aliphatic rings. The van der Waals surface area contributed by atoms with Crippen molar-refractivity contribution in [2.45, 2.75) is 56.3 Å². The molecule has 3 aromatic carbocycles. The van der Waals surface area contributed by atoms with E-state index in [0.29, 0.717) is 18.2 Å². The Bertz CT molecular complexity index is 1400. The molecule has 1 saturated carbocycles. The fourth-order valence-electron chi connectivity index (χ4n) is 5.55. The largest absolute Gasteiger partial charge is 0.388 e. The van der Waals surface area contributed by atoms with Gasteiger partial charge >= 0.3 is 0 Å². The highest BCUT2D eigenvalue weighted by molar-refractivity contribution is 7.92. The summed E-state index contributed by atoms with van der Waals surface area (Å²) >= 11 is 0. The zero-order valence-electron chi connectivity index (χ0n) is 20.6. The van der Waals surface area contributed by atoms with Crippen LogP contribution < -0.4 is 10.0 Å². The molecule has 3 N–H and O–H groups in total. The average molecular weight is 505 g/mol. The van der Waals surface area contributed by atoms with E-state index in [9.17, 15) is 13.5 Å². The lowest BCUT2D eigenvalue weighted by molar-refractivity contribution is 0.0827. The van der Waals surface area contributed by atoms with Gasteiger partial charge < -0.3 is 15.2 Å². The second kappa shape index (κ2) is 8.91. The smallest absolute Gasteiger partial charge is 0.261 e. The number of fused-ring (bicyclic) bond motifs is 3. The molecule has 0 radical (unpaired) electrons. The molecule has 0 bridgehead atoms. The van der Waals surface area contributed by atoms with Crippen LogP contribution in [0.3, 0.4) is 0 Å². The number of sulfonamides is 1. The number of anilines is 2. The zero-order chi connectivity index (χ0) is 25.0. The van der Waals surface area contributed by atoms with Crippen molar-refractivity contribution in [3.8, 4) is 0 Å². The van der Waals surface area contributed by atoms with Crippen LogP contribution in [-0.2, 0) is 14.8 Å². The molecule has 4 atom stereocenters. The van der Waals surface area contributed by atoms with E-state index in [2.05, 4.69) is 22.2 Å². The van der Waals surface area contributed by atoms with Gasteiger partial charge in [0.1, 0.15) is 0 Å². The lowest BCUT2D eigenvalue weighted by Gasteiger charge is -2.36. The van der Waals surface area contributed by atoms with Crippen LogP contribution in [0.2, 0.25) is 0 Å².